The fourth-order valence-electron chi connectivity index (χ4n) is 2.50. The van der Waals surface area contributed by atoms with Gasteiger partial charge in [-0.25, -0.2) is 9.97 Å². The van der Waals surface area contributed by atoms with E-state index in [1.807, 2.05) is 29.2 Å². The average molecular weight is 303 g/mol. The summed E-state index contributed by atoms with van der Waals surface area (Å²) in [5.74, 6) is 0.644. The fourth-order valence-corrected chi connectivity index (χ4v) is 2.72. The minimum absolute atomic E-state index is 0.0640. The molecule has 1 aliphatic rings. The largest absolute Gasteiger partial charge is 0.323 e. The molecule has 108 valence electrons. The number of para-hydroxylation sites is 2. The summed E-state index contributed by atoms with van der Waals surface area (Å²) in [6, 6.07) is 7.66. The fraction of sp³-hybridized carbons (Fsp3) is 0.267. The normalized spacial score (nSPS) is 13.8. The summed E-state index contributed by atoms with van der Waals surface area (Å²) in [7, 11) is 0. The van der Waals surface area contributed by atoms with Crippen LogP contribution >= 0.6 is 11.6 Å². The minimum Gasteiger partial charge on any atom is -0.323 e. The summed E-state index contributed by atoms with van der Waals surface area (Å²) in [4.78, 5) is 22.3. The Labute approximate surface area is 128 Å². The second-order valence-electron chi connectivity index (χ2n) is 4.87. The molecule has 0 radical (unpaired) electrons. The van der Waals surface area contributed by atoms with Crippen molar-refractivity contribution in [2.75, 3.05) is 16.8 Å². The van der Waals surface area contributed by atoms with Gasteiger partial charge in [-0.05, 0) is 18.6 Å². The van der Waals surface area contributed by atoms with Gasteiger partial charge < -0.3 is 10.2 Å². The van der Waals surface area contributed by atoms with Crippen LogP contribution in [0, 0.1) is 0 Å². The zero-order valence-corrected chi connectivity index (χ0v) is 12.4. The molecule has 1 aromatic carbocycles. The number of rotatable bonds is 3. The predicted molar refractivity (Wildman–Crippen MR) is 83.1 cm³/mol. The summed E-state index contributed by atoms with van der Waals surface area (Å²) in [5.41, 5.74) is 2.58. The van der Waals surface area contributed by atoms with Crippen LogP contribution in [0.1, 0.15) is 18.9 Å². The summed E-state index contributed by atoms with van der Waals surface area (Å²) < 4.78 is 0. The van der Waals surface area contributed by atoms with Crippen LogP contribution < -0.4 is 10.2 Å². The van der Waals surface area contributed by atoms with Crippen LogP contribution in [-0.4, -0.2) is 22.4 Å². The van der Waals surface area contributed by atoms with Crippen molar-refractivity contribution in [2.24, 2.45) is 0 Å². The van der Waals surface area contributed by atoms with Gasteiger partial charge >= 0.3 is 0 Å². The molecule has 6 heteroatoms. The first-order valence-electron chi connectivity index (χ1n) is 6.86. The Bertz CT molecular complexity index is 689. The third kappa shape index (κ3) is 2.56. The maximum atomic E-state index is 11.9. The Morgan fingerprint density at radius 1 is 1.33 bits per heavy atom. The van der Waals surface area contributed by atoms with Crippen LogP contribution in [-0.2, 0) is 11.2 Å². The molecular weight excluding hydrogens is 288 g/mol. The van der Waals surface area contributed by atoms with Gasteiger partial charge in [-0.2, -0.15) is 0 Å². The highest BCUT2D eigenvalue weighted by molar-refractivity contribution is 6.30. The number of amides is 1. The number of fused-ring (bicyclic) bond motifs is 1. The third-order valence-corrected chi connectivity index (χ3v) is 3.72. The number of anilines is 3. The van der Waals surface area contributed by atoms with Crippen molar-refractivity contribution in [1.82, 2.24) is 9.97 Å². The Kier molecular flexibility index (Phi) is 3.75. The SMILES string of the molecule is CCCc1c(Cl)ncnc1N1CC(=O)Nc2ccccc21. The van der Waals surface area contributed by atoms with Crippen molar-refractivity contribution in [3.05, 3.63) is 41.3 Å². The minimum atomic E-state index is -0.0640. The van der Waals surface area contributed by atoms with Crippen molar-refractivity contribution in [1.29, 1.82) is 0 Å². The molecule has 0 saturated heterocycles. The first kappa shape index (κ1) is 13.8. The third-order valence-electron chi connectivity index (χ3n) is 3.40. The topological polar surface area (TPSA) is 58.1 Å². The van der Waals surface area contributed by atoms with Crippen LogP contribution in [0.25, 0.3) is 0 Å². The number of hydrogen-bond donors (Lipinski definition) is 1. The van der Waals surface area contributed by atoms with Crippen molar-refractivity contribution in [2.45, 2.75) is 19.8 Å². The molecule has 3 rings (SSSR count). The number of benzene rings is 1. The summed E-state index contributed by atoms with van der Waals surface area (Å²) in [6.45, 7) is 2.30. The van der Waals surface area contributed by atoms with E-state index in [2.05, 4.69) is 22.2 Å². The van der Waals surface area contributed by atoms with E-state index in [-0.39, 0.29) is 12.5 Å². The van der Waals surface area contributed by atoms with Gasteiger partial charge in [0.1, 0.15) is 23.8 Å². The lowest BCUT2D eigenvalue weighted by Crippen LogP contribution is -2.36. The van der Waals surface area contributed by atoms with Gasteiger partial charge in [0.15, 0.2) is 0 Å². The molecule has 1 aromatic heterocycles. The van der Waals surface area contributed by atoms with E-state index in [9.17, 15) is 4.79 Å². The van der Waals surface area contributed by atoms with Gasteiger partial charge in [-0.1, -0.05) is 37.1 Å². The van der Waals surface area contributed by atoms with Gasteiger partial charge in [0.05, 0.1) is 11.4 Å². The Morgan fingerprint density at radius 2 is 2.14 bits per heavy atom. The van der Waals surface area contributed by atoms with E-state index in [4.69, 9.17) is 11.6 Å². The molecule has 0 unspecified atom stereocenters. The van der Waals surface area contributed by atoms with Crippen LogP contribution in [0.4, 0.5) is 17.2 Å². The zero-order valence-electron chi connectivity index (χ0n) is 11.6. The number of nitrogens with one attached hydrogen (secondary N) is 1. The van der Waals surface area contributed by atoms with Gasteiger partial charge in [-0.15, -0.1) is 0 Å². The number of aromatic nitrogens is 2. The van der Waals surface area contributed by atoms with Gasteiger partial charge in [-0.3, -0.25) is 4.79 Å². The van der Waals surface area contributed by atoms with E-state index in [1.54, 1.807) is 0 Å². The van der Waals surface area contributed by atoms with Gasteiger partial charge in [0.25, 0.3) is 0 Å². The standard InChI is InChI=1S/C15H15ClN4O/c1-2-5-10-14(16)17-9-18-15(10)20-8-13(21)19-11-6-3-4-7-12(11)20/h3-4,6-7,9H,2,5,8H2,1H3,(H,19,21). The lowest BCUT2D eigenvalue weighted by atomic mass is 10.1. The second-order valence-corrected chi connectivity index (χ2v) is 5.23. The number of carbonyl (C=O) groups excluding carboxylic acids is 1. The number of halogens is 1. The molecule has 0 bridgehead atoms. The van der Waals surface area contributed by atoms with E-state index in [1.165, 1.54) is 6.33 Å². The van der Waals surface area contributed by atoms with Gasteiger partial charge in [0, 0.05) is 5.56 Å². The summed E-state index contributed by atoms with van der Waals surface area (Å²) >= 11 is 6.21. The molecule has 2 aromatic rings. The highest BCUT2D eigenvalue weighted by atomic mass is 35.5. The van der Waals surface area contributed by atoms with E-state index in [0.717, 1.165) is 29.8 Å². The quantitative estimate of drug-likeness (QED) is 0.885. The van der Waals surface area contributed by atoms with Crippen LogP contribution in [0.2, 0.25) is 5.15 Å². The molecule has 0 saturated carbocycles. The Balaban J connectivity index is 2.13. The van der Waals surface area contributed by atoms with Crippen LogP contribution in [0.15, 0.2) is 30.6 Å². The van der Waals surface area contributed by atoms with Crippen molar-refractivity contribution >= 4 is 34.7 Å². The molecule has 5 nitrogen and oxygen atoms in total. The summed E-state index contributed by atoms with van der Waals surface area (Å²) in [5, 5.41) is 3.32. The maximum Gasteiger partial charge on any atom is 0.244 e. The first-order valence-corrected chi connectivity index (χ1v) is 7.24. The second kappa shape index (κ2) is 5.69. The number of nitrogens with zero attached hydrogens (tertiary/aromatic N) is 3. The molecule has 1 N–H and O–H groups in total. The molecule has 0 spiro atoms. The molecule has 2 heterocycles. The monoisotopic (exact) mass is 302 g/mol. The number of carbonyl (C=O) groups is 1. The van der Waals surface area contributed by atoms with Crippen molar-refractivity contribution in [3.63, 3.8) is 0 Å². The zero-order chi connectivity index (χ0) is 14.8. The lowest BCUT2D eigenvalue weighted by molar-refractivity contribution is -0.115. The Morgan fingerprint density at radius 3 is 2.95 bits per heavy atom. The van der Waals surface area contributed by atoms with Crippen LogP contribution in [0.5, 0.6) is 0 Å². The summed E-state index contributed by atoms with van der Waals surface area (Å²) in [6.07, 6.45) is 3.14. The number of hydrogen-bond acceptors (Lipinski definition) is 4. The van der Waals surface area contributed by atoms with E-state index < -0.39 is 0 Å². The smallest absolute Gasteiger partial charge is 0.244 e. The lowest BCUT2D eigenvalue weighted by Gasteiger charge is -2.31. The molecule has 21 heavy (non-hydrogen) atoms. The molecular formula is C15H15ClN4O. The molecule has 0 aliphatic carbocycles. The van der Waals surface area contributed by atoms with Gasteiger partial charge in [0.2, 0.25) is 5.91 Å². The van der Waals surface area contributed by atoms with Crippen molar-refractivity contribution < 1.29 is 4.79 Å². The highest BCUT2D eigenvalue weighted by Crippen LogP contribution is 2.36. The predicted octanol–water partition coefficient (Wildman–Crippen LogP) is 3.17. The van der Waals surface area contributed by atoms with Crippen LogP contribution in [0.3, 0.4) is 0 Å². The molecule has 0 atom stereocenters. The van der Waals surface area contributed by atoms with E-state index in [0.29, 0.717) is 11.0 Å². The Hall–Kier alpha value is -2.14. The average Bonchev–Trinajstić information content (AvgIpc) is 2.48. The first-order chi connectivity index (χ1) is 10.2. The van der Waals surface area contributed by atoms with Crippen molar-refractivity contribution in [3.8, 4) is 0 Å². The molecule has 1 amide bonds. The molecule has 1 aliphatic heterocycles. The van der Waals surface area contributed by atoms with E-state index >= 15 is 0 Å². The highest BCUT2D eigenvalue weighted by Gasteiger charge is 2.26. The maximum absolute atomic E-state index is 11.9. The molecule has 0 fully saturated rings.